The van der Waals surface area contributed by atoms with Gasteiger partial charge in [0.1, 0.15) is 11.4 Å². The van der Waals surface area contributed by atoms with Gasteiger partial charge in [0, 0.05) is 34.4 Å². The summed E-state index contributed by atoms with van der Waals surface area (Å²) in [6, 6.07) is 20.3. The van der Waals surface area contributed by atoms with Crippen LogP contribution in [0.25, 0.3) is 10.9 Å². The molecule has 0 aliphatic carbocycles. The molecule has 3 aromatic carbocycles. The van der Waals surface area contributed by atoms with E-state index in [2.05, 4.69) is 15.0 Å². The summed E-state index contributed by atoms with van der Waals surface area (Å²) >= 11 is 5.84. The number of para-hydroxylation sites is 1. The summed E-state index contributed by atoms with van der Waals surface area (Å²) in [5.41, 5.74) is 2.41. The molecule has 0 bridgehead atoms. The Kier molecular flexibility index (Phi) is 5.59. The van der Waals surface area contributed by atoms with Crippen LogP contribution in [0.1, 0.15) is 5.56 Å². The fourth-order valence-electron chi connectivity index (χ4n) is 3.03. The van der Waals surface area contributed by atoms with Gasteiger partial charge in [0.25, 0.3) is 0 Å². The molecular weight excluding hydrogens is 422 g/mol. The lowest BCUT2D eigenvalue weighted by molar-refractivity contribution is 0.469. The molecule has 0 fully saturated rings. The molecule has 4 aromatic rings. The standard InChI is InChI=1S/C22H18ClN3O3S/c23-17-7-6-16(21(27)13-17)14-25-18-8-10-19(11-9-18)30(28,29)26-20-5-1-3-15-4-2-12-24-22(15)20/h1-13H,14H2,(H3-,25,26,27,28,29). The van der Waals surface area contributed by atoms with E-state index in [-0.39, 0.29) is 10.6 Å². The number of phenolic OH excluding ortho intramolecular Hbond substituents is 1. The smallest absolute Gasteiger partial charge is 0.180 e. The normalized spacial score (nSPS) is 13.0. The molecule has 3 N–H and O–H groups in total. The lowest BCUT2D eigenvalue weighted by atomic mass is 10.2. The molecule has 0 saturated heterocycles. The number of hydrogen-bond donors (Lipinski definition) is 3. The fourth-order valence-corrected chi connectivity index (χ4v) is 4.26. The third-order valence-electron chi connectivity index (χ3n) is 4.57. The molecule has 6 nitrogen and oxygen atoms in total. The van der Waals surface area contributed by atoms with Gasteiger partial charge in [-0.1, -0.05) is 40.1 Å². The third kappa shape index (κ3) is 4.38. The molecule has 30 heavy (non-hydrogen) atoms. The average Bonchev–Trinajstić information content (AvgIpc) is 2.73. The lowest BCUT2D eigenvalue weighted by Crippen LogP contribution is -2.21. The van der Waals surface area contributed by atoms with Crippen molar-refractivity contribution in [3.63, 3.8) is 0 Å². The van der Waals surface area contributed by atoms with E-state index in [9.17, 15) is 13.9 Å². The number of fused-ring (bicyclic) bond motifs is 1. The average molecular weight is 440 g/mol. The fraction of sp³-hybridized carbons (Fsp3) is 0.0455. The minimum absolute atomic E-state index is 0.0992. The Morgan fingerprint density at radius 1 is 1.03 bits per heavy atom. The number of pyridine rings is 1. The number of nitrogens with zero attached hydrogens (tertiary/aromatic N) is 1. The minimum atomic E-state index is -3.77. The molecular formula is C22H18ClN3O3S. The van der Waals surface area contributed by atoms with Gasteiger partial charge in [0.2, 0.25) is 0 Å². The van der Waals surface area contributed by atoms with Gasteiger partial charge in [-0.25, -0.2) is 4.72 Å². The zero-order valence-electron chi connectivity index (χ0n) is 15.7. The van der Waals surface area contributed by atoms with Crippen molar-refractivity contribution in [2.75, 3.05) is 10.0 Å². The molecule has 8 heteroatoms. The zero-order valence-corrected chi connectivity index (χ0v) is 17.3. The van der Waals surface area contributed by atoms with E-state index in [0.717, 1.165) is 11.1 Å². The number of benzene rings is 3. The van der Waals surface area contributed by atoms with Crippen LogP contribution < -0.4 is 10.0 Å². The van der Waals surface area contributed by atoms with Crippen LogP contribution in [-0.4, -0.2) is 14.6 Å². The number of phenols is 1. The molecule has 1 heterocycles. The van der Waals surface area contributed by atoms with E-state index in [1.54, 1.807) is 48.7 Å². The molecule has 1 aromatic heterocycles. The molecule has 1 unspecified atom stereocenters. The van der Waals surface area contributed by atoms with E-state index in [1.807, 2.05) is 12.1 Å². The first kappa shape index (κ1) is 20.2. The highest BCUT2D eigenvalue weighted by Crippen LogP contribution is 2.27. The summed E-state index contributed by atoms with van der Waals surface area (Å²) in [5, 5.41) is 14.4. The van der Waals surface area contributed by atoms with Crippen molar-refractivity contribution in [3.05, 3.63) is 89.6 Å². The van der Waals surface area contributed by atoms with Crippen LogP contribution in [0.3, 0.4) is 0 Å². The van der Waals surface area contributed by atoms with Crippen LogP contribution in [0.15, 0.2) is 83.9 Å². The number of anilines is 2. The number of rotatable bonds is 6. The quantitative estimate of drug-likeness (QED) is 0.358. The van der Waals surface area contributed by atoms with Crippen molar-refractivity contribution in [2.24, 2.45) is 0 Å². The topological polar surface area (TPSA) is 97.3 Å². The number of nitrogens with one attached hydrogen (secondary N) is 2. The largest absolute Gasteiger partial charge is 0.588 e. The predicted octanol–water partition coefficient (Wildman–Crippen LogP) is 5.22. The Bertz CT molecular complexity index is 1240. The van der Waals surface area contributed by atoms with Gasteiger partial charge in [-0.3, -0.25) is 4.98 Å². The minimum Gasteiger partial charge on any atom is -0.588 e. The second-order valence-electron chi connectivity index (χ2n) is 6.64. The first-order valence-electron chi connectivity index (χ1n) is 9.10. The third-order valence-corrected chi connectivity index (χ3v) is 6.19. The Labute approximate surface area is 179 Å². The Morgan fingerprint density at radius 2 is 1.80 bits per heavy atom. The summed E-state index contributed by atoms with van der Waals surface area (Å²) < 4.78 is 28.2. The highest BCUT2D eigenvalue weighted by Gasteiger charge is 2.21. The van der Waals surface area contributed by atoms with Crippen molar-refractivity contribution < 1.29 is 13.9 Å². The highest BCUT2D eigenvalue weighted by molar-refractivity contribution is 7.99. The van der Waals surface area contributed by atoms with Crippen LogP contribution in [-0.2, 0) is 21.2 Å². The molecule has 0 aliphatic heterocycles. The van der Waals surface area contributed by atoms with Gasteiger partial charge in [-0.05, 0) is 48.5 Å². The number of halogens is 1. The van der Waals surface area contributed by atoms with Gasteiger partial charge in [0.15, 0.2) is 15.3 Å². The number of sulfonamides is 1. The van der Waals surface area contributed by atoms with E-state index in [0.29, 0.717) is 28.3 Å². The van der Waals surface area contributed by atoms with Crippen molar-refractivity contribution in [1.82, 2.24) is 4.98 Å². The van der Waals surface area contributed by atoms with Crippen molar-refractivity contribution in [3.8, 4) is 5.75 Å². The molecule has 0 aliphatic rings. The highest BCUT2D eigenvalue weighted by atomic mass is 35.5. The van der Waals surface area contributed by atoms with Crippen LogP contribution >= 0.6 is 11.6 Å². The van der Waals surface area contributed by atoms with Gasteiger partial charge < -0.3 is 15.0 Å². The molecule has 0 radical (unpaired) electrons. The first-order chi connectivity index (χ1) is 14.4. The summed E-state index contributed by atoms with van der Waals surface area (Å²) in [5.74, 6) is 0.0992. The van der Waals surface area contributed by atoms with Crippen LogP contribution in [0.5, 0.6) is 5.75 Å². The molecule has 4 rings (SSSR count). The Balaban J connectivity index is 1.49. The van der Waals surface area contributed by atoms with Gasteiger partial charge in [0.05, 0.1) is 5.52 Å². The summed E-state index contributed by atoms with van der Waals surface area (Å²) in [6.07, 6.45) is 1.62. The Morgan fingerprint density at radius 3 is 2.57 bits per heavy atom. The maximum atomic E-state index is 12.8. The van der Waals surface area contributed by atoms with Crippen molar-refractivity contribution in [2.45, 2.75) is 11.4 Å². The molecule has 0 amide bonds. The molecule has 0 spiro atoms. The van der Waals surface area contributed by atoms with E-state index < -0.39 is 10.4 Å². The summed E-state index contributed by atoms with van der Waals surface area (Å²) in [7, 11) is -3.77. The van der Waals surface area contributed by atoms with Crippen LogP contribution in [0, 0.1) is 0 Å². The number of aromatic nitrogens is 1. The Hall–Kier alpha value is -3.13. The van der Waals surface area contributed by atoms with Crippen LogP contribution in [0.4, 0.5) is 11.4 Å². The van der Waals surface area contributed by atoms with E-state index >= 15 is 0 Å². The molecule has 1 atom stereocenters. The molecule has 152 valence electrons. The summed E-state index contributed by atoms with van der Waals surface area (Å²) in [4.78, 5) is 4.41. The maximum Gasteiger partial charge on any atom is 0.180 e. The lowest BCUT2D eigenvalue weighted by Gasteiger charge is -2.17. The number of aromatic hydroxyl groups is 1. The van der Waals surface area contributed by atoms with Crippen molar-refractivity contribution in [1.29, 1.82) is 0 Å². The summed E-state index contributed by atoms with van der Waals surface area (Å²) in [6.45, 7) is 0.370. The van der Waals surface area contributed by atoms with E-state index in [1.165, 1.54) is 18.2 Å². The van der Waals surface area contributed by atoms with Crippen molar-refractivity contribution >= 4 is 44.3 Å². The predicted molar refractivity (Wildman–Crippen MR) is 119 cm³/mol. The van der Waals surface area contributed by atoms with Crippen LogP contribution in [0.2, 0.25) is 5.02 Å². The van der Waals surface area contributed by atoms with Gasteiger partial charge >= 0.3 is 0 Å². The zero-order chi connectivity index (χ0) is 21.1. The van der Waals surface area contributed by atoms with Gasteiger partial charge in [-0.15, -0.1) is 0 Å². The number of hydrogen-bond acceptors (Lipinski definition) is 5. The maximum absolute atomic E-state index is 12.8. The first-order valence-corrected chi connectivity index (χ1v) is 11.0. The SMILES string of the molecule is O=[S+]([O-])(Nc1cccc2cccnc12)c1ccc(NCc2ccc(Cl)cc2O)cc1. The second kappa shape index (κ2) is 8.31. The second-order valence-corrected chi connectivity index (χ2v) is 8.76. The van der Waals surface area contributed by atoms with E-state index in [4.69, 9.17) is 11.6 Å². The molecule has 0 saturated carbocycles. The monoisotopic (exact) mass is 439 g/mol. The van der Waals surface area contributed by atoms with Gasteiger partial charge in [-0.2, -0.15) is 0 Å².